The number of nitrogens with one attached hydrogen (secondary N) is 1. The van der Waals surface area contributed by atoms with Crippen LogP contribution in [0.4, 0.5) is 5.69 Å². The Bertz CT molecular complexity index is 555. The van der Waals surface area contributed by atoms with E-state index in [0.717, 1.165) is 17.1 Å². The van der Waals surface area contributed by atoms with Crippen molar-refractivity contribution in [3.05, 3.63) is 54.2 Å². The number of rotatable bonds is 7. The largest absolute Gasteiger partial charge is 0.325 e. The molecule has 0 fully saturated rings. The number of amides is 1. The lowest BCUT2D eigenvalue weighted by atomic mass is 10.1. The quantitative estimate of drug-likeness (QED) is 0.781. The number of thioether (sulfide) groups is 1. The Hall–Kier alpha value is -1.81. The molecule has 0 spiro atoms. The summed E-state index contributed by atoms with van der Waals surface area (Å²) in [6, 6.07) is 13.8. The maximum Gasteiger partial charge on any atom is 0.234 e. The van der Waals surface area contributed by atoms with E-state index in [1.165, 1.54) is 30.2 Å². The molecular formula is C17H20N2OS. The smallest absolute Gasteiger partial charge is 0.234 e. The number of nitrogens with zero attached hydrogens (tertiary/aromatic N) is 1. The van der Waals surface area contributed by atoms with E-state index in [9.17, 15) is 4.79 Å². The number of aromatic nitrogens is 1. The molecule has 0 atom stereocenters. The summed E-state index contributed by atoms with van der Waals surface area (Å²) in [5, 5.41) is 3.77. The van der Waals surface area contributed by atoms with E-state index >= 15 is 0 Å². The second kappa shape index (κ2) is 8.47. The first-order valence-electron chi connectivity index (χ1n) is 7.20. The third-order valence-electron chi connectivity index (χ3n) is 3.05. The fraction of sp³-hybridized carbons (Fsp3) is 0.294. The van der Waals surface area contributed by atoms with Crippen molar-refractivity contribution in [2.75, 3.05) is 11.1 Å². The molecule has 1 aromatic heterocycles. The van der Waals surface area contributed by atoms with Gasteiger partial charge in [0.15, 0.2) is 0 Å². The zero-order valence-electron chi connectivity index (χ0n) is 12.2. The van der Waals surface area contributed by atoms with Crippen LogP contribution in [0.5, 0.6) is 0 Å². The third kappa shape index (κ3) is 5.60. The lowest BCUT2D eigenvalue weighted by Gasteiger charge is -2.06. The number of hydrogen-bond acceptors (Lipinski definition) is 3. The maximum atomic E-state index is 11.9. The Balaban J connectivity index is 1.79. The Morgan fingerprint density at radius 2 is 2.00 bits per heavy atom. The third-order valence-corrected chi connectivity index (χ3v) is 3.99. The standard InChI is InChI=1S/C17H20N2OS/c1-2-3-6-14-8-10-15(11-9-14)19-16(20)13-21-17-7-4-5-12-18-17/h4-5,7-12H,2-3,6,13H2,1H3,(H,19,20). The number of carbonyl (C=O) groups is 1. The number of hydrogen-bond donors (Lipinski definition) is 1. The lowest BCUT2D eigenvalue weighted by molar-refractivity contribution is -0.113. The highest BCUT2D eigenvalue weighted by molar-refractivity contribution is 7.99. The normalized spacial score (nSPS) is 10.3. The number of aryl methyl sites for hydroxylation is 1. The van der Waals surface area contributed by atoms with Gasteiger partial charge in [-0.25, -0.2) is 4.98 Å². The van der Waals surface area contributed by atoms with Crippen LogP contribution in [0.1, 0.15) is 25.3 Å². The van der Waals surface area contributed by atoms with E-state index in [-0.39, 0.29) is 5.91 Å². The Morgan fingerprint density at radius 3 is 2.67 bits per heavy atom. The summed E-state index contributed by atoms with van der Waals surface area (Å²) < 4.78 is 0. The van der Waals surface area contributed by atoms with Gasteiger partial charge in [-0.2, -0.15) is 0 Å². The van der Waals surface area contributed by atoms with Crippen LogP contribution < -0.4 is 5.32 Å². The summed E-state index contributed by atoms with van der Waals surface area (Å²) in [7, 11) is 0. The van der Waals surface area contributed by atoms with Gasteiger partial charge in [0, 0.05) is 11.9 Å². The van der Waals surface area contributed by atoms with E-state index in [1.54, 1.807) is 6.20 Å². The van der Waals surface area contributed by atoms with Gasteiger partial charge in [0.25, 0.3) is 0 Å². The van der Waals surface area contributed by atoms with Crippen LogP contribution in [-0.4, -0.2) is 16.6 Å². The average molecular weight is 300 g/mol. The Labute approximate surface area is 130 Å². The van der Waals surface area contributed by atoms with E-state index in [0.29, 0.717) is 5.75 Å². The first-order chi connectivity index (χ1) is 10.3. The average Bonchev–Trinajstić information content (AvgIpc) is 2.53. The molecule has 0 radical (unpaired) electrons. The summed E-state index contributed by atoms with van der Waals surface area (Å²) in [5.41, 5.74) is 2.17. The van der Waals surface area contributed by atoms with Gasteiger partial charge in [-0.3, -0.25) is 4.79 Å². The fourth-order valence-electron chi connectivity index (χ4n) is 1.90. The number of carbonyl (C=O) groups excluding carboxylic acids is 1. The van der Waals surface area contributed by atoms with Gasteiger partial charge in [-0.1, -0.05) is 43.3 Å². The summed E-state index contributed by atoms with van der Waals surface area (Å²) in [5.74, 6) is 0.362. The van der Waals surface area contributed by atoms with Crippen LogP contribution in [0.2, 0.25) is 0 Å². The second-order valence-electron chi connectivity index (χ2n) is 4.81. The first kappa shape index (κ1) is 15.6. The molecule has 1 N–H and O–H groups in total. The second-order valence-corrected chi connectivity index (χ2v) is 5.80. The van der Waals surface area contributed by atoms with Crippen molar-refractivity contribution in [2.45, 2.75) is 31.2 Å². The van der Waals surface area contributed by atoms with Gasteiger partial charge in [0.1, 0.15) is 0 Å². The molecule has 1 heterocycles. The Morgan fingerprint density at radius 1 is 1.19 bits per heavy atom. The van der Waals surface area contributed by atoms with Crippen molar-refractivity contribution in [2.24, 2.45) is 0 Å². The zero-order valence-corrected chi connectivity index (χ0v) is 13.0. The molecule has 0 saturated carbocycles. The Kier molecular flexibility index (Phi) is 6.28. The van der Waals surface area contributed by atoms with Crippen LogP contribution in [0.15, 0.2) is 53.7 Å². The summed E-state index contributed by atoms with van der Waals surface area (Å²) >= 11 is 1.44. The minimum Gasteiger partial charge on any atom is -0.325 e. The topological polar surface area (TPSA) is 42.0 Å². The molecule has 2 aromatic rings. The predicted molar refractivity (Wildman–Crippen MR) is 88.6 cm³/mol. The van der Waals surface area contributed by atoms with Crippen molar-refractivity contribution < 1.29 is 4.79 Å². The van der Waals surface area contributed by atoms with Gasteiger partial charge in [0.05, 0.1) is 10.8 Å². The predicted octanol–water partition coefficient (Wildman–Crippen LogP) is 4.16. The van der Waals surface area contributed by atoms with E-state index in [4.69, 9.17) is 0 Å². The molecular weight excluding hydrogens is 280 g/mol. The molecule has 0 aliphatic carbocycles. The van der Waals surface area contributed by atoms with Crippen LogP contribution >= 0.6 is 11.8 Å². The maximum absolute atomic E-state index is 11.9. The molecule has 1 aromatic carbocycles. The SMILES string of the molecule is CCCCc1ccc(NC(=O)CSc2ccccn2)cc1. The van der Waals surface area contributed by atoms with Crippen LogP contribution in [0, 0.1) is 0 Å². The van der Waals surface area contributed by atoms with E-state index in [1.807, 2.05) is 30.3 Å². The number of benzene rings is 1. The molecule has 4 heteroatoms. The molecule has 3 nitrogen and oxygen atoms in total. The molecule has 21 heavy (non-hydrogen) atoms. The lowest BCUT2D eigenvalue weighted by Crippen LogP contribution is -2.14. The van der Waals surface area contributed by atoms with Gasteiger partial charge >= 0.3 is 0 Å². The number of pyridine rings is 1. The van der Waals surface area contributed by atoms with Crippen molar-refractivity contribution in [1.82, 2.24) is 4.98 Å². The molecule has 0 bridgehead atoms. The van der Waals surface area contributed by atoms with Crippen molar-refractivity contribution in [3.8, 4) is 0 Å². The number of anilines is 1. The molecule has 0 aliphatic heterocycles. The minimum absolute atomic E-state index is 0.00744. The van der Waals surface area contributed by atoms with Crippen LogP contribution in [0.25, 0.3) is 0 Å². The van der Waals surface area contributed by atoms with E-state index < -0.39 is 0 Å². The molecule has 0 saturated heterocycles. The molecule has 110 valence electrons. The van der Waals surface area contributed by atoms with Crippen molar-refractivity contribution in [1.29, 1.82) is 0 Å². The van der Waals surface area contributed by atoms with Crippen LogP contribution in [-0.2, 0) is 11.2 Å². The first-order valence-corrected chi connectivity index (χ1v) is 8.19. The number of unbranched alkanes of at least 4 members (excludes halogenated alkanes) is 1. The summed E-state index contributed by atoms with van der Waals surface area (Å²) in [4.78, 5) is 16.1. The van der Waals surface area contributed by atoms with Gasteiger partial charge in [0.2, 0.25) is 5.91 Å². The zero-order chi connectivity index (χ0) is 14.9. The molecule has 0 unspecified atom stereocenters. The van der Waals surface area contributed by atoms with Gasteiger partial charge in [-0.05, 0) is 42.7 Å². The molecule has 1 amide bonds. The monoisotopic (exact) mass is 300 g/mol. The summed E-state index contributed by atoms with van der Waals surface area (Å²) in [6.45, 7) is 2.19. The summed E-state index contributed by atoms with van der Waals surface area (Å²) in [6.07, 6.45) is 5.23. The van der Waals surface area contributed by atoms with E-state index in [2.05, 4.69) is 29.4 Å². The molecule has 0 aliphatic rings. The highest BCUT2D eigenvalue weighted by Gasteiger charge is 2.04. The minimum atomic E-state index is -0.00744. The van der Waals surface area contributed by atoms with Crippen molar-refractivity contribution >= 4 is 23.4 Å². The van der Waals surface area contributed by atoms with Gasteiger partial charge in [-0.15, -0.1) is 0 Å². The van der Waals surface area contributed by atoms with Gasteiger partial charge < -0.3 is 5.32 Å². The fourth-order valence-corrected chi connectivity index (χ4v) is 2.57. The highest BCUT2D eigenvalue weighted by Crippen LogP contribution is 2.15. The van der Waals surface area contributed by atoms with Crippen LogP contribution in [0.3, 0.4) is 0 Å². The van der Waals surface area contributed by atoms with Crippen molar-refractivity contribution in [3.63, 3.8) is 0 Å². The molecule has 2 rings (SSSR count). The highest BCUT2D eigenvalue weighted by atomic mass is 32.2.